The van der Waals surface area contributed by atoms with Gasteiger partial charge in [-0.25, -0.2) is 9.78 Å². The Kier molecular flexibility index (Phi) is 5.46. The highest BCUT2D eigenvalue weighted by atomic mass is 35.5. The maximum atomic E-state index is 11.5. The summed E-state index contributed by atoms with van der Waals surface area (Å²) in [5.41, 5.74) is 0.851. The number of fused-ring (bicyclic) bond motifs is 1. The molecular weight excluding hydrogens is 358 g/mol. The van der Waals surface area contributed by atoms with E-state index in [1.165, 1.54) is 18.9 Å². The van der Waals surface area contributed by atoms with Crippen LogP contribution < -0.4 is 4.74 Å². The Morgan fingerprint density at radius 3 is 2.76 bits per heavy atom. The molecule has 0 saturated heterocycles. The van der Waals surface area contributed by atoms with E-state index in [1.54, 1.807) is 13.0 Å². The standard InChI is InChI=1S/C19H16ClNO3S/c1-12(19(22)23-2)24-15-4-3-5-16(11-15)25-18-9-7-13-6-8-14(20)10-17(13)21-18/h3-12H,1-2H3. The first kappa shape index (κ1) is 17.6. The Hall–Kier alpha value is -2.24. The van der Waals surface area contributed by atoms with Gasteiger partial charge < -0.3 is 9.47 Å². The Morgan fingerprint density at radius 1 is 1.16 bits per heavy atom. The molecule has 6 heteroatoms. The number of nitrogens with zero attached hydrogens (tertiary/aromatic N) is 1. The number of benzene rings is 2. The summed E-state index contributed by atoms with van der Waals surface area (Å²) in [5.74, 6) is 0.192. The van der Waals surface area contributed by atoms with Crippen LogP contribution in [-0.2, 0) is 9.53 Å². The van der Waals surface area contributed by atoms with E-state index in [0.717, 1.165) is 20.8 Å². The lowest BCUT2D eigenvalue weighted by molar-refractivity contribution is -0.147. The molecule has 1 unspecified atom stereocenters. The Balaban J connectivity index is 1.79. The molecule has 0 N–H and O–H groups in total. The van der Waals surface area contributed by atoms with Gasteiger partial charge in [0.1, 0.15) is 10.8 Å². The molecular formula is C19H16ClNO3S. The summed E-state index contributed by atoms with van der Waals surface area (Å²) in [6.07, 6.45) is -0.661. The van der Waals surface area contributed by atoms with Crippen LogP contribution in [0.5, 0.6) is 5.75 Å². The van der Waals surface area contributed by atoms with E-state index in [-0.39, 0.29) is 0 Å². The van der Waals surface area contributed by atoms with Crippen LogP contribution in [-0.4, -0.2) is 24.2 Å². The van der Waals surface area contributed by atoms with E-state index in [9.17, 15) is 4.79 Å². The van der Waals surface area contributed by atoms with Crippen molar-refractivity contribution in [1.82, 2.24) is 4.98 Å². The molecule has 1 heterocycles. The quantitative estimate of drug-likeness (QED) is 0.590. The van der Waals surface area contributed by atoms with Crippen molar-refractivity contribution >= 4 is 40.2 Å². The van der Waals surface area contributed by atoms with Crippen molar-refractivity contribution in [2.45, 2.75) is 22.9 Å². The molecule has 128 valence electrons. The fraction of sp³-hybridized carbons (Fsp3) is 0.158. The molecule has 0 bridgehead atoms. The van der Waals surface area contributed by atoms with Gasteiger partial charge in [0.25, 0.3) is 0 Å². The molecule has 3 rings (SSSR count). The summed E-state index contributed by atoms with van der Waals surface area (Å²) >= 11 is 7.55. The first-order valence-corrected chi connectivity index (χ1v) is 8.83. The van der Waals surface area contributed by atoms with Crippen LogP contribution >= 0.6 is 23.4 Å². The number of ether oxygens (including phenoxy) is 2. The van der Waals surface area contributed by atoms with Crippen LogP contribution in [0.4, 0.5) is 0 Å². The average Bonchev–Trinajstić information content (AvgIpc) is 2.61. The SMILES string of the molecule is COC(=O)C(C)Oc1cccc(Sc2ccc3ccc(Cl)cc3n2)c1. The summed E-state index contributed by atoms with van der Waals surface area (Å²) in [4.78, 5) is 17.1. The zero-order valence-corrected chi connectivity index (χ0v) is 15.3. The third-order valence-corrected chi connectivity index (χ3v) is 4.66. The van der Waals surface area contributed by atoms with Gasteiger partial charge >= 0.3 is 5.97 Å². The lowest BCUT2D eigenvalue weighted by Gasteiger charge is -2.13. The molecule has 4 nitrogen and oxygen atoms in total. The lowest BCUT2D eigenvalue weighted by Crippen LogP contribution is -2.24. The number of methoxy groups -OCH3 is 1. The number of rotatable bonds is 5. The molecule has 0 radical (unpaired) electrons. The molecule has 1 aromatic heterocycles. The Morgan fingerprint density at radius 2 is 1.96 bits per heavy atom. The fourth-order valence-corrected chi connectivity index (χ4v) is 3.29. The minimum Gasteiger partial charge on any atom is -0.479 e. The minimum atomic E-state index is -0.661. The number of carbonyl (C=O) groups is 1. The van der Waals surface area contributed by atoms with Gasteiger partial charge in [0.05, 0.1) is 12.6 Å². The van der Waals surface area contributed by atoms with Crippen molar-refractivity contribution in [3.05, 3.63) is 59.6 Å². The first-order chi connectivity index (χ1) is 12.0. The van der Waals surface area contributed by atoms with Crippen molar-refractivity contribution < 1.29 is 14.3 Å². The molecule has 0 aliphatic carbocycles. The van der Waals surface area contributed by atoms with E-state index in [4.69, 9.17) is 16.3 Å². The second-order valence-electron chi connectivity index (χ2n) is 5.35. The van der Waals surface area contributed by atoms with Crippen LogP contribution in [0.3, 0.4) is 0 Å². The molecule has 0 amide bonds. The molecule has 3 aromatic rings. The smallest absolute Gasteiger partial charge is 0.346 e. The summed E-state index contributed by atoms with van der Waals surface area (Å²) < 4.78 is 10.3. The number of hydrogen-bond donors (Lipinski definition) is 0. The van der Waals surface area contributed by atoms with E-state index in [0.29, 0.717) is 10.8 Å². The highest BCUT2D eigenvalue weighted by Gasteiger charge is 2.15. The second-order valence-corrected chi connectivity index (χ2v) is 6.88. The zero-order chi connectivity index (χ0) is 17.8. The van der Waals surface area contributed by atoms with Crippen LogP contribution in [0.1, 0.15) is 6.92 Å². The van der Waals surface area contributed by atoms with Crippen molar-refractivity contribution in [3.63, 3.8) is 0 Å². The predicted molar refractivity (Wildman–Crippen MR) is 99.4 cm³/mol. The number of esters is 1. The van der Waals surface area contributed by atoms with Crippen molar-refractivity contribution in [1.29, 1.82) is 0 Å². The summed E-state index contributed by atoms with van der Waals surface area (Å²) in [6.45, 7) is 1.65. The number of aromatic nitrogens is 1. The molecule has 0 aliphatic heterocycles. The molecule has 0 saturated carbocycles. The largest absolute Gasteiger partial charge is 0.479 e. The van der Waals surface area contributed by atoms with E-state index in [1.807, 2.05) is 48.5 Å². The van der Waals surface area contributed by atoms with E-state index < -0.39 is 12.1 Å². The maximum absolute atomic E-state index is 11.5. The highest BCUT2D eigenvalue weighted by Crippen LogP contribution is 2.30. The van der Waals surface area contributed by atoms with Crippen molar-refractivity contribution in [2.75, 3.05) is 7.11 Å². The molecule has 2 aromatic carbocycles. The summed E-state index contributed by atoms with van der Waals surface area (Å²) in [6, 6.07) is 17.1. The summed E-state index contributed by atoms with van der Waals surface area (Å²) in [7, 11) is 1.34. The van der Waals surface area contributed by atoms with Gasteiger partial charge in [-0.05, 0) is 43.3 Å². The number of halogens is 1. The van der Waals surface area contributed by atoms with Crippen LogP contribution in [0, 0.1) is 0 Å². The highest BCUT2D eigenvalue weighted by molar-refractivity contribution is 7.99. The maximum Gasteiger partial charge on any atom is 0.346 e. The van der Waals surface area contributed by atoms with Gasteiger partial charge in [-0.2, -0.15) is 0 Å². The van der Waals surface area contributed by atoms with Crippen LogP contribution in [0.25, 0.3) is 10.9 Å². The number of pyridine rings is 1. The van der Waals surface area contributed by atoms with Crippen molar-refractivity contribution in [3.8, 4) is 5.75 Å². The number of hydrogen-bond acceptors (Lipinski definition) is 5. The Bertz CT molecular complexity index is 916. The molecule has 25 heavy (non-hydrogen) atoms. The summed E-state index contributed by atoms with van der Waals surface area (Å²) in [5, 5.41) is 2.56. The first-order valence-electron chi connectivity index (χ1n) is 7.64. The minimum absolute atomic E-state index is 0.411. The second kappa shape index (κ2) is 7.76. The van der Waals surface area contributed by atoms with E-state index in [2.05, 4.69) is 9.72 Å². The molecule has 1 atom stereocenters. The normalized spacial score (nSPS) is 12.0. The predicted octanol–water partition coefficient (Wildman–Crippen LogP) is 4.98. The lowest BCUT2D eigenvalue weighted by atomic mass is 10.2. The molecule has 0 aliphatic rings. The van der Waals surface area contributed by atoms with Crippen molar-refractivity contribution in [2.24, 2.45) is 0 Å². The van der Waals surface area contributed by atoms with Gasteiger partial charge in [0, 0.05) is 15.3 Å². The van der Waals surface area contributed by atoms with Gasteiger partial charge in [0.15, 0.2) is 6.10 Å². The van der Waals surface area contributed by atoms with Gasteiger partial charge in [-0.1, -0.05) is 41.6 Å². The third-order valence-electron chi connectivity index (χ3n) is 3.50. The monoisotopic (exact) mass is 373 g/mol. The zero-order valence-electron chi connectivity index (χ0n) is 13.7. The van der Waals surface area contributed by atoms with Gasteiger partial charge in [-0.15, -0.1) is 0 Å². The van der Waals surface area contributed by atoms with E-state index >= 15 is 0 Å². The molecule has 0 fully saturated rings. The molecule has 0 spiro atoms. The average molecular weight is 374 g/mol. The van der Waals surface area contributed by atoms with Crippen LogP contribution in [0.2, 0.25) is 5.02 Å². The van der Waals surface area contributed by atoms with Gasteiger partial charge in [-0.3, -0.25) is 0 Å². The van der Waals surface area contributed by atoms with Gasteiger partial charge in [0.2, 0.25) is 0 Å². The number of carbonyl (C=O) groups excluding carboxylic acids is 1. The Labute approximate surface area is 155 Å². The van der Waals surface area contributed by atoms with Crippen LogP contribution in [0.15, 0.2) is 64.5 Å². The fourth-order valence-electron chi connectivity index (χ4n) is 2.28. The third kappa shape index (κ3) is 4.44. The topological polar surface area (TPSA) is 48.4 Å².